The number of carbonyl (C=O) groups excluding carboxylic acids is 2. The second-order valence-electron chi connectivity index (χ2n) is 8.00. The fourth-order valence-electron chi connectivity index (χ4n) is 3.72. The van der Waals surface area contributed by atoms with Crippen molar-refractivity contribution in [3.8, 4) is 0 Å². The lowest BCUT2D eigenvalue weighted by Gasteiger charge is -2.40. The number of carbonyl (C=O) groups is 2. The zero-order chi connectivity index (χ0) is 20.5. The Hall–Kier alpha value is -2.05. The van der Waals surface area contributed by atoms with Crippen LogP contribution in [0.3, 0.4) is 0 Å². The molecule has 0 spiro atoms. The molecule has 2 aliphatic rings. The third kappa shape index (κ3) is 4.67. The Balaban J connectivity index is 1.81. The monoisotopic (exact) mass is 396 g/mol. The molecule has 7 heteroatoms. The summed E-state index contributed by atoms with van der Waals surface area (Å²) in [5, 5.41) is 2.96. The Morgan fingerprint density at radius 3 is 2.46 bits per heavy atom. The summed E-state index contributed by atoms with van der Waals surface area (Å²) in [6.45, 7) is 4.18. The number of halogens is 3. The van der Waals surface area contributed by atoms with Gasteiger partial charge in [0, 0.05) is 18.5 Å². The van der Waals surface area contributed by atoms with E-state index in [1.807, 2.05) is 13.8 Å². The number of hydrogen-bond donors (Lipinski definition) is 1. The van der Waals surface area contributed by atoms with Crippen molar-refractivity contribution in [1.29, 1.82) is 0 Å². The number of alkyl halides is 3. The molecule has 1 aromatic rings. The van der Waals surface area contributed by atoms with Crippen LogP contribution in [0.1, 0.15) is 63.1 Å². The van der Waals surface area contributed by atoms with Crippen molar-refractivity contribution in [3.05, 3.63) is 35.4 Å². The van der Waals surface area contributed by atoms with Gasteiger partial charge in [-0.25, -0.2) is 0 Å². The summed E-state index contributed by atoms with van der Waals surface area (Å²) in [4.78, 5) is 27.0. The molecular weight excluding hydrogens is 369 g/mol. The van der Waals surface area contributed by atoms with E-state index in [4.69, 9.17) is 0 Å². The highest BCUT2D eigenvalue weighted by molar-refractivity contribution is 5.84. The van der Waals surface area contributed by atoms with Crippen molar-refractivity contribution in [2.45, 2.75) is 64.2 Å². The molecule has 154 valence electrons. The molecule has 2 amide bonds. The van der Waals surface area contributed by atoms with Crippen LogP contribution in [-0.4, -0.2) is 29.3 Å². The average molecular weight is 396 g/mol. The predicted octanol–water partition coefficient (Wildman–Crippen LogP) is 4.31. The zero-order valence-electron chi connectivity index (χ0n) is 16.3. The molecule has 2 fully saturated rings. The van der Waals surface area contributed by atoms with E-state index in [0.29, 0.717) is 18.4 Å². The zero-order valence-corrected chi connectivity index (χ0v) is 16.3. The summed E-state index contributed by atoms with van der Waals surface area (Å²) < 4.78 is 39.4. The molecule has 0 unspecified atom stereocenters. The van der Waals surface area contributed by atoms with Crippen molar-refractivity contribution < 1.29 is 22.8 Å². The second-order valence-corrected chi connectivity index (χ2v) is 8.00. The van der Waals surface area contributed by atoms with Gasteiger partial charge in [-0.05, 0) is 56.7 Å². The van der Waals surface area contributed by atoms with E-state index in [1.54, 1.807) is 11.0 Å². The molecule has 1 saturated carbocycles. The largest absolute Gasteiger partial charge is 0.416 e. The van der Waals surface area contributed by atoms with E-state index in [9.17, 15) is 22.8 Å². The molecular formula is C21H27F3N2O2. The minimum Gasteiger partial charge on any atom is -0.353 e. The molecule has 1 heterocycles. The van der Waals surface area contributed by atoms with Crippen molar-refractivity contribution >= 4 is 11.8 Å². The van der Waals surface area contributed by atoms with Crippen LogP contribution in [0.25, 0.3) is 0 Å². The maximum absolute atomic E-state index is 13.1. The molecule has 1 N–H and O–H groups in total. The molecule has 1 aliphatic heterocycles. The van der Waals surface area contributed by atoms with Crippen LogP contribution >= 0.6 is 0 Å². The predicted molar refractivity (Wildman–Crippen MR) is 99.2 cm³/mol. The van der Waals surface area contributed by atoms with Crippen LogP contribution in [0.15, 0.2) is 24.3 Å². The highest BCUT2D eigenvalue weighted by Crippen LogP contribution is 2.40. The molecule has 3 atom stereocenters. The molecule has 0 radical (unpaired) electrons. The van der Waals surface area contributed by atoms with Gasteiger partial charge in [-0.3, -0.25) is 9.59 Å². The summed E-state index contributed by atoms with van der Waals surface area (Å²) in [6, 6.07) is 4.86. The number of amides is 2. The minimum absolute atomic E-state index is 0.0385. The van der Waals surface area contributed by atoms with Crippen molar-refractivity contribution in [2.75, 3.05) is 6.54 Å². The van der Waals surface area contributed by atoms with Crippen molar-refractivity contribution in [2.24, 2.45) is 11.8 Å². The Morgan fingerprint density at radius 1 is 1.18 bits per heavy atom. The number of nitrogens with one attached hydrogen (secondary N) is 1. The lowest BCUT2D eigenvalue weighted by molar-refractivity contribution is -0.140. The van der Waals surface area contributed by atoms with Crippen LogP contribution in [0.2, 0.25) is 0 Å². The number of hydrogen-bond acceptors (Lipinski definition) is 2. The highest BCUT2D eigenvalue weighted by atomic mass is 19.4. The van der Waals surface area contributed by atoms with E-state index < -0.39 is 17.8 Å². The van der Waals surface area contributed by atoms with Gasteiger partial charge in [-0.1, -0.05) is 19.1 Å². The van der Waals surface area contributed by atoms with E-state index in [2.05, 4.69) is 5.32 Å². The summed E-state index contributed by atoms with van der Waals surface area (Å²) in [6.07, 6.45) is -0.941. The first-order valence-corrected chi connectivity index (χ1v) is 9.98. The fourth-order valence-corrected chi connectivity index (χ4v) is 3.72. The lowest BCUT2D eigenvalue weighted by atomic mass is 9.87. The first-order valence-electron chi connectivity index (χ1n) is 9.98. The van der Waals surface area contributed by atoms with Gasteiger partial charge in [-0.15, -0.1) is 0 Å². The topological polar surface area (TPSA) is 49.4 Å². The number of piperidine rings is 1. The van der Waals surface area contributed by atoms with E-state index in [1.165, 1.54) is 6.07 Å². The summed E-state index contributed by atoms with van der Waals surface area (Å²) in [7, 11) is 0. The molecule has 3 rings (SSSR count). The molecule has 0 bridgehead atoms. The van der Waals surface area contributed by atoms with Crippen LogP contribution < -0.4 is 5.32 Å². The van der Waals surface area contributed by atoms with E-state index >= 15 is 0 Å². The van der Waals surface area contributed by atoms with Gasteiger partial charge in [0.2, 0.25) is 11.8 Å². The lowest BCUT2D eigenvalue weighted by Crippen LogP contribution is -2.48. The third-order valence-electron chi connectivity index (χ3n) is 5.76. The molecule has 1 aliphatic carbocycles. The van der Waals surface area contributed by atoms with Crippen LogP contribution in [0, 0.1) is 11.8 Å². The maximum atomic E-state index is 13.1. The Bertz CT molecular complexity index is 731. The molecule has 28 heavy (non-hydrogen) atoms. The summed E-state index contributed by atoms with van der Waals surface area (Å²) >= 11 is 0. The Morgan fingerprint density at radius 2 is 1.86 bits per heavy atom. The Labute approximate surface area is 163 Å². The second kappa shape index (κ2) is 8.13. The minimum atomic E-state index is -4.42. The van der Waals surface area contributed by atoms with Crippen LogP contribution in [0.4, 0.5) is 13.2 Å². The smallest absolute Gasteiger partial charge is 0.353 e. The number of benzene rings is 1. The van der Waals surface area contributed by atoms with Gasteiger partial charge in [0.25, 0.3) is 0 Å². The molecule has 1 saturated heterocycles. The van der Waals surface area contributed by atoms with E-state index in [-0.39, 0.29) is 36.2 Å². The van der Waals surface area contributed by atoms with Gasteiger partial charge >= 0.3 is 6.18 Å². The highest BCUT2D eigenvalue weighted by Gasteiger charge is 2.42. The van der Waals surface area contributed by atoms with Crippen LogP contribution in [-0.2, 0) is 15.8 Å². The SMILES string of the molecule is CC[C@H](C)NC(=O)[C@@H]1CC[C@@H](c2cccc(C(F)(F)F)c2)N(C(=O)C2CC2)C1. The van der Waals surface area contributed by atoms with Gasteiger partial charge in [-0.2, -0.15) is 13.2 Å². The molecule has 1 aromatic carbocycles. The summed E-state index contributed by atoms with van der Waals surface area (Å²) in [5.41, 5.74) is -0.218. The Kier molecular flexibility index (Phi) is 6.01. The third-order valence-corrected chi connectivity index (χ3v) is 5.76. The average Bonchev–Trinajstić information content (AvgIpc) is 3.51. The normalized spacial score (nSPS) is 24.0. The standard InChI is InChI=1S/C21H27F3N2O2/c1-3-13(2)25-19(27)16-9-10-18(26(12-16)20(28)14-7-8-14)15-5-4-6-17(11-15)21(22,23)24/h4-6,11,13-14,16,18H,3,7-10,12H2,1-2H3,(H,25,27)/t13-,16+,18-/m0/s1. The van der Waals surface area contributed by atoms with Gasteiger partial charge in [0.1, 0.15) is 0 Å². The fraction of sp³-hybridized carbons (Fsp3) is 0.619. The number of likely N-dealkylation sites (tertiary alicyclic amines) is 1. The molecule has 4 nitrogen and oxygen atoms in total. The number of rotatable bonds is 5. The van der Waals surface area contributed by atoms with Gasteiger partial charge in [0.15, 0.2) is 0 Å². The van der Waals surface area contributed by atoms with E-state index in [0.717, 1.165) is 31.4 Å². The summed E-state index contributed by atoms with van der Waals surface area (Å²) in [5.74, 6) is -0.489. The quantitative estimate of drug-likeness (QED) is 0.806. The van der Waals surface area contributed by atoms with Gasteiger partial charge in [0.05, 0.1) is 17.5 Å². The van der Waals surface area contributed by atoms with Gasteiger partial charge < -0.3 is 10.2 Å². The first-order chi connectivity index (χ1) is 13.2. The first kappa shape index (κ1) is 20.7. The van der Waals surface area contributed by atoms with Crippen molar-refractivity contribution in [3.63, 3.8) is 0 Å². The molecule has 0 aromatic heterocycles. The van der Waals surface area contributed by atoms with Crippen molar-refractivity contribution in [1.82, 2.24) is 10.2 Å². The maximum Gasteiger partial charge on any atom is 0.416 e. The number of nitrogens with zero attached hydrogens (tertiary/aromatic N) is 1. The van der Waals surface area contributed by atoms with Crippen LogP contribution in [0.5, 0.6) is 0 Å².